The number of ether oxygens (including phenoxy) is 1. The maximum Gasteiger partial charge on any atom is 0.119 e. The molecule has 0 aliphatic carbocycles. The van der Waals surface area contributed by atoms with Crippen LogP contribution in [0, 0.1) is 0 Å². The van der Waals surface area contributed by atoms with Gasteiger partial charge >= 0.3 is 0 Å². The van der Waals surface area contributed by atoms with Crippen molar-refractivity contribution >= 4 is 28.8 Å². The van der Waals surface area contributed by atoms with Gasteiger partial charge < -0.3 is 9.64 Å². The molecular formula is C23H20ClNOS. The normalized spacial score (nSPS) is 13.1. The first-order valence-corrected chi connectivity index (χ1v) is 9.81. The smallest absolute Gasteiger partial charge is 0.119 e. The van der Waals surface area contributed by atoms with Crippen molar-refractivity contribution in [3.8, 4) is 5.75 Å². The van der Waals surface area contributed by atoms with E-state index < -0.39 is 0 Å². The summed E-state index contributed by atoms with van der Waals surface area (Å²) in [6, 6.07) is 24.3. The molecule has 0 fully saturated rings. The van der Waals surface area contributed by atoms with Crippen LogP contribution in [0.15, 0.2) is 72.8 Å². The molecule has 0 amide bonds. The highest BCUT2D eigenvalue weighted by Gasteiger charge is 2.18. The van der Waals surface area contributed by atoms with Gasteiger partial charge in [-0.2, -0.15) is 0 Å². The first kappa shape index (κ1) is 18.0. The van der Waals surface area contributed by atoms with E-state index in [1.54, 1.807) is 0 Å². The molecule has 0 unspecified atom stereocenters. The van der Waals surface area contributed by atoms with Gasteiger partial charge in [-0.05, 0) is 59.5 Å². The van der Waals surface area contributed by atoms with Crippen molar-refractivity contribution in [2.75, 3.05) is 6.54 Å². The molecule has 3 aromatic rings. The molecule has 0 atom stereocenters. The molecule has 4 rings (SSSR count). The second kappa shape index (κ2) is 8.12. The highest BCUT2D eigenvalue weighted by Crippen LogP contribution is 2.22. The van der Waals surface area contributed by atoms with Crippen molar-refractivity contribution in [3.05, 3.63) is 100 Å². The molecule has 1 aliphatic rings. The fourth-order valence-electron chi connectivity index (χ4n) is 3.29. The molecule has 1 aliphatic heterocycles. The first-order valence-electron chi connectivity index (χ1n) is 9.02. The van der Waals surface area contributed by atoms with E-state index >= 15 is 0 Å². The summed E-state index contributed by atoms with van der Waals surface area (Å²) in [5.74, 6) is 0.834. The zero-order chi connectivity index (χ0) is 18.6. The summed E-state index contributed by atoms with van der Waals surface area (Å²) in [4.78, 5) is 3.18. The molecule has 0 saturated carbocycles. The summed E-state index contributed by atoms with van der Waals surface area (Å²) in [5.41, 5.74) is 4.95. The Labute approximate surface area is 170 Å². The standard InChI is InChI=1S/C23H20ClNOS/c24-21-9-5-17(6-10-21)16-26-22-11-7-19(8-12-22)23(27)25-14-13-18-3-1-2-4-20(18)15-25/h1-12H,13-16H2. The summed E-state index contributed by atoms with van der Waals surface area (Å²) in [6.45, 7) is 2.36. The van der Waals surface area contributed by atoms with Crippen LogP contribution < -0.4 is 4.74 Å². The zero-order valence-corrected chi connectivity index (χ0v) is 16.5. The van der Waals surface area contributed by atoms with Gasteiger partial charge in [0.15, 0.2) is 0 Å². The average molecular weight is 394 g/mol. The molecule has 3 aromatic carbocycles. The van der Waals surface area contributed by atoms with Crippen molar-refractivity contribution in [2.45, 2.75) is 19.6 Å². The molecule has 1 heterocycles. The maximum absolute atomic E-state index is 5.91. The van der Waals surface area contributed by atoms with E-state index in [1.165, 1.54) is 11.1 Å². The molecule has 0 N–H and O–H groups in total. The predicted molar refractivity (Wildman–Crippen MR) is 114 cm³/mol. The molecule has 0 radical (unpaired) electrons. The Hall–Kier alpha value is -2.36. The number of halogens is 1. The van der Waals surface area contributed by atoms with Gasteiger partial charge in [0, 0.05) is 23.7 Å². The van der Waals surface area contributed by atoms with Crippen LogP contribution in [0.5, 0.6) is 5.75 Å². The molecule has 0 aromatic heterocycles. The Morgan fingerprint density at radius 3 is 2.37 bits per heavy atom. The van der Waals surface area contributed by atoms with Crippen molar-refractivity contribution in [1.82, 2.24) is 4.90 Å². The van der Waals surface area contributed by atoms with E-state index in [1.807, 2.05) is 48.5 Å². The second-order valence-corrected chi connectivity index (χ2v) is 7.51. The lowest BCUT2D eigenvalue weighted by atomic mass is 9.99. The van der Waals surface area contributed by atoms with Crippen LogP contribution in [0.4, 0.5) is 0 Å². The number of benzene rings is 3. The average Bonchev–Trinajstić information content (AvgIpc) is 2.73. The van der Waals surface area contributed by atoms with Crippen LogP contribution in [0.1, 0.15) is 22.3 Å². The lowest BCUT2D eigenvalue weighted by Gasteiger charge is -2.31. The zero-order valence-electron chi connectivity index (χ0n) is 14.9. The van der Waals surface area contributed by atoms with Crippen LogP contribution in [-0.2, 0) is 19.6 Å². The number of fused-ring (bicyclic) bond motifs is 1. The maximum atomic E-state index is 5.91. The second-order valence-electron chi connectivity index (χ2n) is 6.68. The fraction of sp³-hybridized carbons (Fsp3) is 0.174. The van der Waals surface area contributed by atoms with Crippen LogP contribution in [0.25, 0.3) is 0 Å². The Morgan fingerprint density at radius 2 is 1.63 bits per heavy atom. The minimum absolute atomic E-state index is 0.518. The number of hydrogen-bond acceptors (Lipinski definition) is 2. The van der Waals surface area contributed by atoms with Crippen molar-refractivity contribution in [3.63, 3.8) is 0 Å². The molecule has 0 saturated heterocycles. The Kier molecular flexibility index (Phi) is 5.42. The van der Waals surface area contributed by atoms with Gasteiger partial charge in [-0.3, -0.25) is 0 Å². The molecular weight excluding hydrogens is 374 g/mol. The minimum atomic E-state index is 0.518. The van der Waals surface area contributed by atoms with Crippen molar-refractivity contribution in [2.24, 2.45) is 0 Å². The van der Waals surface area contributed by atoms with E-state index in [2.05, 4.69) is 29.2 Å². The van der Waals surface area contributed by atoms with E-state index in [-0.39, 0.29) is 0 Å². The quantitative estimate of drug-likeness (QED) is 0.531. The van der Waals surface area contributed by atoms with Crippen molar-refractivity contribution < 1.29 is 4.74 Å². The van der Waals surface area contributed by atoms with E-state index in [0.29, 0.717) is 6.61 Å². The molecule has 2 nitrogen and oxygen atoms in total. The van der Waals surface area contributed by atoms with Gasteiger partial charge in [-0.15, -0.1) is 0 Å². The fourth-order valence-corrected chi connectivity index (χ4v) is 3.71. The topological polar surface area (TPSA) is 12.5 Å². The lowest BCUT2D eigenvalue weighted by molar-refractivity contribution is 0.306. The monoisotopic (exact) mass is 393 g/mol. The highest BCUT2D eigenvalue weighted by atomic mass is 35.5. The first-order chi connectivity index (χ1) is 13.2. The third-order valence-corrected chi connectivity index (χ3v) is 5.58. The Bertz CT molecular complexity index is 937. The van der Waals surface area contributed by atoms with Gasteiger partial charge in [0.1, 0.15) is 17.3 Å². The summed E-state index contributed by atoms with van der Waals surface area (Å²) in [7, 11) is 0. The minimum Gasteiger partial charge on any atom is -0.489 e. The lowest BCUT2D eigenvalue weighted by Crippen LogP contribution is -2.35. The summed E-state index contributed by atoms with van der Waals surface area (Å²) in [5, 5.41) is 0.733. The van der Waals surface area contributed by atoms with Crippen LogP contribution in [0.3, 0.4) is 0 Å². The van der Waals surface area contributed by atoms with Gasteiger partial charge in [-0.1, -0.05) is 60.2 Å². The highest BCUT2D eigenvalue weighted by molar-refractivity contribution is 7.80. The largest absolute Gasteiger partial charge is 0.489 e. The van der Waals surface area contributed by atoms with Gasteiger partial charge in [-0.25, -0.2) is 0 Å². The molecule has 0 spiro atoms. The summed E-state index contributed by atoms with van der Waals surface area (Å²) in [6.07, 6.45) is 1.04. The van der Waals surface area contributed by atoms with Crippen LogP contribution in [0.2, 0.25) is 5.02 Å². The van der Waals surface area contributed by atoms with E-state index in [4.69, 9.17) is 28.6 Å². The third-order valence-electron chi connectivity index (χ3n) is 4.84. The van der Waals surface area contributed by atoms with Gasteiger partial charge in [0.2, 0.25) is 0 Å². The summed E-state index contributed by atoms with van der Waals surface area (Å²) < 4.78 is 5.86. The number of rotatable bonds is 4. The molecule has 0 bridgehead atoms. The van der Waals surface area contributed by atoms with Crippen molar-refractivity contribution in [1.29, 1.82) is 0 Å². The Morgan fingerprint density at radius 1 is 0.926 bits per heavy atom. The number of hydrogen-bond donors (Lipinski definition) is 0. The number of thiocarbonyl (C=S) groups is 1. The van der Waals surface area contributed by atoms with Gasteiger partial charge in [0.25, 0.3) is 0 Å². The van der Waals surface area contributed by atoms with E-state index in [0.717, 1.165) is 46.4 Å². The Balaban J connectivity index is 1.38. The predicted octanol–water partition coefficient (Wildman–Crippen LogP) is 5.65. The van der Waals surface area contributed by atoms with Gasteiger partial charge in [0.05, 0.1) is 0 Å². The van der Waals surface area contributed by atoms with E-state index in [9.17, 15) is 0 Å². The third kappa shape index (κ3) is 4.32. The van der Waals surface area contributed by atoms with Crippen LogP contribution in [-0.4, -0.2) is 16.4 Å². The van der Waals surface area contributed by atoms with Crippen LogP contribution >= 0.6 is 23.8 Å². The number of nitrogens with zero attached hydrogens (tertiary/aromatic N) is 1. The summed E-state index contributed by atoms with van der Waals surface area (Å²) >= 11 is 11.6. The molecule has 4 heteroatoms. The molecule has 136 valence electrons. The SMILES string of the molecule is S=C(c1ccc(OCc2ccc(Cl)cc2)cc1)N1CCc2ccccc2C1. The molecule has 27 heavy (non-hydrogen) atoms.